The Morgan fingerprint density at radius 2 is 2.00 bits per heavy atom. The van der Waals surface area contributed by atoms with Gasteiger partial charge in [-0.25, -0.2) is 4.79 Å². The van der Waals surface area contributed by atoms with E-state index in [0.717, 1.165) is 15.6 Å². The van der Waals surface area contributed by atoms with E-state index in [0.29, 0.717) is 18.7 Å². The Labute approximate surface area is 144 Å². The molecule has 2 aromatic rings. The molecule has 1 amide bonds. The first-order valence-electron chi connectivity index (χ1n) is 7.13. The van der Waals surface area contributed by atoms with Crippen LogP contribution in [-0.2, 0) is 11.3 Å². The van der Waals surface area contributed by atoms with Crippen LogP contribution in [0.4, 0.5) is 10.5 Å². The standard InChI is InChI=1S/C18H17BrN2O2/c19-16-10-9-15(17(20)12-16)8-4-5-11-21-18(22)23-13-14-6-2-1-3-7-14/h1-3,6-7,9-10,12H,5,11,13,20H2,(H,21,22). The van der Waals surface area contributed by atoms with E-state index in [1.807, 2.05) is 48.5 Å². The maximum absolute atomic E-state index is 11.5. The quantitative estimate of drug-likeness (QED) is 0.488. The monoisotopic (exact) mass is 372 g/mol. The van der Waals surface area contributed by atoms with Crippen molar-refractivity contribution in [3.05, 3.63) is 64.1 Å². The van der Waals surface area contributed by atoms with Crippen molar-refractivity contribution in [1.82, 2.24) is 5.32 Å². The number of anilines is 1. The molecule has 0 aliphatic carbocycles. The van der Waals surface area contributed by atoms with Gasteiger partial charge in [-0.1, -0.05) is 58.1 Å². The summed E-state index contributed by atoms with van der Waals surface area (Å²) in [6.07, 6.45) is 0.0782. The van der Waals surface area contributed by atoms with Crippen LogP contribution in [-0.4, -0.2) is 12.6 Å². The molecule has 0 heterocycles. The maximum Gasteiger partial charge on any atom is 0.407 e. The van der Waals surface area contributed by atoms with Gasteiger partial charge in [-0.05, 0) is 23.8 Å². The van der Waals surface area contributed by atoms with Gasteiger partial charge in [-0.15, -0.1) is 0 Å². The lowest BCUT2D eigenvalue weighted by atomic mass is 10.2. The number of nitrogens with one attached hydrogen (secondary N) is 1. The minimum absolute atomic E-state index is 0.258. The van der Waals surface area contributed by atoms with Gasteiger partial charge < -0.3 is 15.8 Å². The van der Waals surface area contributed by atoms with Crippen LogP contribution in [0.2, 0.25) is 0 Å². The summed E-state index contributed by atoms with van der Waals surface area (Å²) in [5, 5.41) is 2.66. The molecule has 0 aliphatic rings. The molecule has 0 atom stereocenters. The molecular weight excluding hydrogens is 356 g/mol. The summed E-state index contributed by atoms with van der Waals surface area (Å²) < 4.78 is 6.02. The number of halogens is 1. The normalized spacial score (nSPS) is 9.61. The second-order valence-corrected chi connectivity index (χ2v) is 5.69. The van der Waals surface area contributed by atoms with Crippen molar-refractivity contribution in [2.24, 2.45) is 0 Å². The highest BCUT2D eigenvalue weighted by Crippen LogP contribution is 2.17. The molecule has 0 saturated heterocycles. The van der Waals surface area contributed by atoms with Crippen molar-refractivity contribution in [1.29, 1.82) is 0 Å². The predicted molar refractivity (Wildman–Crippen MR) is 94.7 cm³/mol. The zero-order valence-electron chi connectivity index (χ0n) is 12.5. The number of hydrogen-bond acceptors (Lipinski definition) is 3. The van der Waals surface area contributed by atoms with Crippen molar-refractivity contribution >= 4 is 27.7 Å². The molecular formula is C18H17BrN2O2. The molecule has 23 heavy (non-hydrogen) atoms. The van der Waals surface area contributed by atoms with E-state index < -0.39 is 6.09 Å². The van der Waals surface area contributed by atoms with Gasteiger partial charge in [-0.2, -0.15) is 0 Å². The molecule has 0 bridgehead atoms. The average Bonchev–Trinajstić information content (AvgIpc) is 2.55. The summed E-state index contributed by atoms with van der Waals surface area (Å²) in [6.45, 7) is 0.685. The smallest absolute Gasteiger partial charge is 0.407 e. The lowest BCUT2D eigenvalue weighted by Crippen LogP contribution is -2.24. The van der Waals surface area contributed by atoms with Gasteiger partial charge >= 0.3 is 6.09 Å². The molecule has 0 radical (unpaired) electrons. The number of nitrogen functional groups attached to an aromatic ring is 1. The van der Waals surface area contributed by atoms with E-state index in [9.17, 15) is 4.79 Å². The molecule has 2 aromatic carbocycles. The van der Waals surface area contributed by atoms with Crippen LogP contribution in [0.1, 0.15) is 17.5 Å². The number of carbonyl (C=O) groups is 1. The van der Waals surface area contributed by atoms with E-state index in [1.54, 1.807) is 0 Å². The molecule has 0 fully saturated rings. The number of hydrogen-bond donors (Lipinski definition) is 2. The van der Waals surface area contributed by atoms with Gasteiger partial charge in [0, 0.05) is 28.7 Å². The van der Waals surface area contributed by atoms with E-state index in [2.05, 4.69) is 33.1 Å². The fourth-order valence-corrected chi connectivity index (χ4v) is 2.19. The second kappa shape index (κ2) is 8.86. The second-order valence-electron chi connectivity index (χ2n) is 4.77. The minimum atomic E-state index is -0.446. The first-order valence-corrected chi connectivity index (χ1v) is 7.93. The summed E-state index contributed by atoms with van der Waals surface area (Å²) in [6, 6.07) is 15.1. The van der Waals surface area contributed by atoms with Gasteiger partial charge in [-0.3, -0.25) is 0 Å². The molecule has 0 spiro atoms. The Kier molecular flexibility index (Phi) is 6.52. The fourth-order valence-electron chi connectivity index (χ4n) is 1.81. The molecule has 0 aliphatic heterocycles. The third kappa shape index (κ3) is 6.05. The van der Waals surface area contributed by atoms with Crippen LogP contribution in [0.15, 0.2) is 53.0 Å². The van der Waals surface area contributed by atoms with Gasteiger partial charge in [0.25, 0.3) is 0 Å². The van der Waals surface area contributed by atoms with Crippen molar-refractivity contribution < 1.29 is 9.53 Å². The summed E-state index contributed by atoms with van der Waals surface area (Å²) in [7, 11) is 0. The number of nitrogens with two attached hydrogens (primary N) is 1. The summed E-state index contributed by atoms with van der Waals surface area (Å²) in [4.78, 5) is 11.5. The molecule has 0 aromatic heterocycles. The van der Waals surface area contributed by atoms with Gasteiger partial charge in [0.1, 0.15) is 6.61 Å². The van der Waals surface area contributed by atoms with Crippen LogP contribution >= 0.6 is 15.9 Å². The molecule has 0 saturated carbocycles. The summed E-state index contributed by atoms with van der Waals surface area (Å²) in [5.41, 5.74) is 8.21. The first-order chi connectivity index (χ1) is 11.1. The molecule has 4 nitrogen and oxygen atoms in total. The number of ether oxygens (including phenoxy) is 1. The Hall–Kier alpha value is -2.45. The van der Waals surface area contributed by atoms with Crippen LogP contribution in [0.5, 0.6) is 0 Å². The Bertz CT molecular complexity index is 721. The molecule has 5 heteroatoms. The highest BCUT2D eigenvalue weighted by Gasteiger charge is 2.00. The summed E-state index contributed by atoms with van der Waals surface area (Å²) in [5.74, 6) is 5.96. The highest BCUT2D eigenvalue weighted by molar-refractivity contribution is 9.10. The molecule has 0 unspecified atom stereocenters. The van der Waals surface area contributed by atoms with Crippen molar-refractivity contribution in [2.75, 3.05) is 12.3 Å². The van der Waals surface area contributed by atoms with E-state index in [1.165, 1.54) is 0 Å². The first kappa shape index (κ1) is 16.9. The third-order valence-corrected chi connectivity index (χ3v) is 3.46. The van der Waals surface area contributed by atoms with E-state index in [-0.39, 0.29) is 6.61 Å². The van der Waals surface area contributed by atoms with Gasteiger partial charge in [0.15, 0.2) is 0 Å². The molecule has 3 N–H and O–H groups in total. The van der Waals surface area contributed by atoms with Crippen LogP contribution in [0.25, 0.3) is 0 Å². The average molecular weight is 373 g/mol. The molecule has 2 rings (SSSR count). The zero-order chi connectivity index (χ0) is 16.5. The van der Waals surface area contributed by atoms with Crippen molar-refractivity contribution in [3.8, 4) is 11.8 Å². The number of amides is 1. The van der Waals surface area contributed by atoms with Gasteiger partial charge in [0.05, 0.1) is 0 Å². The zero-order valence-corrected chi connectivity index (χ0v) is 14.1. The number of carbonyl (C=O) groups excluding carboxylic acids is 1. The highest BCUT2D eigenvalue weighted by atomic mass is 79.9. The van der Waals surface area contributed by atoms with Crippen molar-refractivity contribution in [2.45, 2.75) is 13.0 Å². The maximum atomic E-state index is 11.5. The van der Waals surface area contributed by atoms with Crippen molar-refractivity contribution in [3.63, 3.8) is 0 Å². The van der Waals surface area contributed by atoms with E-state index >= 15 is 0 Å². The predicted octanol–water partition coefficient (Wildman–Crippen LogP) is 3.70. The largest absolute Gasteiger partial charge is 0.445 e. The van der Waals surface area contributed by atoms with E-state index in [4.69, 9.17) is 10.5 Å². The lowest BCUT2D eigenvalue weighted by molar-refractivity contribution is 0.140. The van der Waals surface area contributed by atoms with Crippen LogP contribution in [0.3, 0.4) is 0 Å². The number of benzene rings is 2. The summed E-state index contributed by atoms with van der Waals surface area (Å²) >= 11 is 3.35. The van der Waals surface area contributed by atoms with Crippen LogP contribution in [0, 0.1) is 11.8 Å². The topological polar surface area (TPSA) is 64.3 Å². The minimum Gasteiger partial charge on any atom is -0.445 e. The lowest BCUT2D eigenvalue weighted by Gasteiger charge is -2.05. The van der Waals surface area contributed by atoms with Crippen LogP contribution < -0.4 is 11.1 Å². The van der Waals surface area contributed by atoms with Gasteiger partial charge in [0.2, 0.25) is 0 Å². The Morgan fingerprint density at radius 3 is 2.74 bits per heavy atom. The Balaban J connectivity index is 1.69. The fraction of sp³-hybridized carbons (Fsp3) is 0.167. The SMILES string of the molecule is Nc1cc(Br)ccc1C#CCCNC(=O)OCc1ccccc1. The third-order valence-electron chi connectivity index (χ3n) is 2.97. The number of rotatable bonds is 4. The number of alkyl carbamates (subject to hydrolysis) is 1. The molecule has 118 valence electrons. The Morgan fingerprint density at radius 1 is 1.22 bits per heavy atom.